The van der Waals surface area contributed by atoms with Crippen molar-refractivity contribution in [3.05, 3.63) is 16.0 Å². The maximum atomic E-state index is 11.6. The SMILES string of the molecule is CC1(C(=O)Cn2cc(I)cn2)CC1. The summed E-state index contributed by atoms with van der Waals surface area (Å²) in [6.45, 7) is 2.46. The number of hydrogen-bond donors (Lipinski definition) is 0. The second-order valence-corrected chi connectivity index (χ2v) is 5.09. The van der Waals surface area contributed by atoms with E-state index in [1.54, 1.807) is 10.9 Å². The smallest absolute Gasteiger partial charge is 0.160 e. The van der Waals surface area contributed by atoms with Gasteiger partial charge in [0, 0.05) is 11.6 Å². The molecule has 1 aliphatic rings. The zero-order valence-corrected chi connectivity index (χ0v) is 9.61. The van der Waals surface area contributed by atoms with E-state index in [2.05, 4.69) is 27.7 Å². The molecule has 0 bridgehead atoms. The first kappa shape index (κ1) is 9.18. The summed E-state index contributed by atoms with van der Waals surface area (Å²) in [7, 11) is 0. The molecule has 0 saturated heterocycles. The van der Waals surface area contributed by atoms with Gasteiger partial charge in [0.25, 0.3) is 0 Å². The molecule has 70 valence electrons. The Morgan fingerprint density at radius 3 is 2.92 bits per heavy atom. The van der Waals surface area contributed by atoms with E-state index in [-0.39, 0.29) is 5.41 Å². The first-order valence-electron chi connectivity index (χ1n) is 4.31. The first-order chi connectivity index (χ1) is 6.10. The monoisotopic (exact) mass is 290 g/mol. The van der Waals surface area contributed by atoms with Gasteiger partial charge in [-0.3, -0.25) is 9.48 Å². The number of halogens is 1. The first-order valence-corrected chi connectivity index (χ1v) is 5.39. The molecule has 4 heteroatoms. The summed E-state index contributed by atoms with van der Waals surface area (Å²) >= 11 is 2.19. The van der Waals surface area contributed by atoms with Crippen LogP contribution in [0, 0.1) is 8.99 Å². The zero-order chi connectivity index (χ0) is 9.47. The molecule has 0 atom stereocenters. The van der Waals surface area contributed by atoms with Crippen LogP contribution < -0.4 is 0 Å². The number of Topliss-reactive ketones (excluding diaryl/α,β-unsaturated/α-hetero) is 1. The zero-order valence-electron chi connectivity index (χ0n) is 7.46. The molecule has 0 aliphatic heterocycles. The minimum absolute atomic E-state index is 0.0304. The molecule has 1 heterocycles. The summed E-state index contributed by atoms with van der Waals surface area (Å²) < 4.78 is 2.79. The molecule has 1 fully saturated rings. The van der Waals surface area contributed by atoms with Gasteiger partial charge in [-0.2, -0.15) is 5.10 Å². The lowest BCUT2D eigenvalue weighted by Gasteiger charge is -2.06. The van der Waals surface area contributed by atoms with Gasteiger partial charge in [0.05, 0.1) is 9.77 Å². The van der Waals surface area contributed by atoms with Crippen LogP contribution in [0.15, 0.2) is 12.4 Å². The summed E-state index contributed by atoms with van der Waals surface area (Å²) in [5, 5.41) is 4.09. The lowest BCUT2D eigenvalue weighted by atomic mass is 10.0. The predicted octanol–water partition coefficient (Wildman–Crippen LogP) is 1.86. The van der Waals surface area contributed by atoms with Crippen molar-refractivity contribution in [2.45, 2.75) is 26.3 Å². The summed E-state index contributed by atoms with van der Waals surface area (Å²) in [5.41, 5.74) is -0.0304. The fraction of sp³-hybridized carbons (Fsp3) is 0.556. The highest BCUT2D eigenvalue weighted by molar-refractivity contribution is 14.1. The summed E-state index contributed by atoms with van der Waals surface area (Å²) in [6, 6.07) is 0. The number of aromatic nitrogens is 2. The van der Waals surface area contributed by atoms with Crippen molar-refractivity contribution in [1.29, 1.82) is 0 Å². The summed E-state index contributed by atoms with van der Waals surface area (Å²) in [6.07, 6.45) is 5.75. The van der Waals surface area contributed by atoms with Crippen LogP contribution in [0.3, 0.4) is 0 Å². The summed E-state index contributed by atoms with van der Waals surface area (Å²) in [5.74, 6) is 0.312. The Kier molecular flexibility index (Phi) is 2.17. The minimum Gasteiger partial charge on any atom is -0.297 e. The molecule has 1 aliphatic carbocycles. The van der Waals surface area contributed by atoms with Crippen LogP contribution >= 0.6 is 22.6 Å². The quantitative estimate of drug-likeness (QED) is 0.796. The van der Waals surface area contributed by atoms with Crippen molar-refractivity contribution < 1.29 is 4.79 Å². The Labute approximate surface area is 90.6 Å². The van der Waals surface area contributed by atoms with Gasteiger partial charge < -0.3 is 0 Å². The van der Waals surface area contributed by atoms with Crippen molar-refractivity contribution >= 4 is 28.4 Å². The average molecular weight is 290 g/mol. The van der Waals surface area contributed by atoms with E-state index in [0.29, 0.717) is 12.3 Å². The number of rotatable bonds is 3. The molecule has 0 aromatic carbocycles. The molecule has 1 aromatic rings. The fourth-order valence-corrected chi connectivity index (χ4v) is 1.68. The number of ketones is 1. The van der Waals surface area contributed by atoms with Crippen LogP contribution in [0.25, 0.3) is 0 Å². The van der Waals surface area contributed by atoms with Crippen LogP contribution in [0.4, 0.5) is 0 Å². The highest BCUT2D eigenvalue weighted by Gasteiger charge is 2.44. The van der Waals surface area contributed by atoms with Crippen molar-refractivity contribution in [3.63, 3.8) is 0 Å². The van der Waals surface area contributed by atoms with Crippen LogP contribution in [-0.4, -0.2) is 15.6 Å². The Bertz CT molecular complexity index is 341. The molecule has 1 saturated carbocycles. The van der Waals surface area contributed by atoms with Crippen LogP contribution in [-0.2, 0) is 11.3 Å². The van der Waals surface area contributed by atoms with E-state index >= 15 is 0 Å². The van der Waals surface area contributed by atoms with Gasteiger partial charge in [-0.05, 0) is 35.4 Å². The molecule has 3 nitrogen and oxygen atoms in total. The number of hydrogen-bond acceptors (Lipinski definition) is 2. The Balaban J connectivity index is 2.02. The van der Waals surface area contributed by atoms with Gasteiger partial charge in [0.1, 0.15) is 6.54 Å². The highest BCUT2D eigenvalue weighted by atomic mass is 127. The van der Waals surface area contributed by atoms with E-state index in [9.17, 15) is 4.79 Å². The maximum Gasteiger partial charge on any atom is 0.160 e. The van der Waals surface area contributed by atoms with Crippen molar-refractivity contribution in [2.24, 2.45) is 5.41 Å². The van der Waals surface area contributed by atoms with Crippen molar-refractivity contribution in [3.8, 4) is 0 Å². The molecule has 0 N–H and O–H groups in total. The van der Waals surface area contributed by atoms with Crippen molar-refractivity contribution in [2.75, 3.05) is 0 Å². The van der Waals surface area contributed by atoms with Crippen molar-refractivity contribution in [1.82, 2.24) is 9.78 Å². The Hall–Kier alpha value is -0.390. The van der Waals surface area contributed by atoms with Gasteiger partial charge >= 0.3 is 0 Å². The largest absolute Gasteiger partial charge is 0.297 e. The normalized spacial score (nSPS) is 18.6. The average Bonchev–Trinajstić information content (AvgIpc) is 2.69. The Morgan fingerprint density at radius 2 is 2.46 bits per heavy atom. The molecular formula is C9H11IN2O. The van der Waals surface area contributed by atoms with Gasteiger partial charge in [-0.1, -0.05) is 6.92 Å². The van der Waals surface area contributed by atoms with Gasteiger partial charge in [0.2, 0.25) is 0 Å². The molecule has 1 aromatic heterocycles. The molecule has 0 radical (unpaired) electrons. The molecular weight excluding hydrogens is 279 g/mol. The lowest BCUT2D eigenvalue weighted by Crippen LogP contribution is -2.18. The van der Waals surface area contributed by atoms with E-state index in [1.165, 1.54) is 0 Å². The van der Waals surface area contributed by atoms with Crippen LogP contribution in [0.5, 0.6) is 0 Å². The van der Waals surface area contributed by atoms with Gasteiger partial charge in [0.15, 0.2) is 5.78 Å². The molecule has 13 heavy (non-hydrogen) atoms. The van der Waals surface area contributed by atoms with E-state index in [1.807, 2.05) is 13.1 Å². The topological polar surface area (TPSA) is 34.9 Å². The van der Waals surface area contributed by atoms with Crippen LogP contribution in [0.2, 0.25) is 0 Å². The van der Waals surface area contributed by atoms with Crippen LogP contribution in [0.1, 0.15) is 19.8 Å². The summed E-state index contributed by atoms with van der Waals surface area (Å²) in [4.78, 5) is 11.6. The van der Waals surface area contributed by atoms with E-state index in [4.69, 9.17) is 0 Å². The van der Waals surface area contributed by atoms with E-state index < -0.39 is 0 Å². The standard InChI is InChI=1S/C9H11IN2O/c1-9(2-3-9)8(13)6-12-5-7(10)4-11-12/h4-5H,2-3,6H2,1H3. The third-order valence-electron chi connectivity index (χ3n) is 2.58. The second-order valence-electron chi connectivity index (χ2n) is 3.84. The molecule has 0 unspecified atom stereocenters. The third kappa shape index (κ3) is 1.92. The molecule has 0 amide bonds. The number of nitrogens with zero attached hydrogens (tertiary/aromatic N) is 2. The second kappa shape index (κ2) is 3.08. The number of carbonyl (C=O) groups is 1. The molecule has 0 spiro atoms. The van der Waals surface area contributed by atoms with Gasteiger partial charge in [-0.15, -0.1) is 0 Å². The minimum atomic E-state index is -0.0304. The number of carbonyl (C=O) groups excluding carboxylic acids is 1. The third-order valence-corrected chi connectivity index (χ3v) is 3.14. The van der Waals surface area contributed by atoms with Gasteiger partial charge in [-0.25, -0.2) is 0 Å². The van der Waals surface area contributed by atoms with E-state index in [0.717, 1.165) is 16.4 Å². The predicted molar refractivity (Wildman–Crippen MR) is 57.3 cm³/mol. The fourth-order valence-electron chi connectivity index (χ4n) is 1.23. The Morgan fingerprint density at radius 1 is 1.77 bits per heavy atom. The maximum absolute atomic E-state index is 11.6. The highest BCUT2D eigenvalue weighted by Crippen LogP contribution is 2.45. The molecule has 2 rings (SSSR count). The lowest BCUT2D eigenvalue weighted by molar-refractivity contribution is -0.124.